The van der Waals surface area contributed by atoms with Crippen LogP contribution in [0.1, 0.15) is 17.0 Å². The number of hydrogen-bond donors (Lipinski definition) is 2. The molecule has 0 bridgehead atoms. The Morgan fingerprint density at radius 1 is 0.957 bits per heavy atom. The van der Waals surface area contributed by atoms with E-state index in [1.807, 2.05) is 48.5 Å². The monoisotopic (exact) mass is 306 g/mol. The molecule has 116 valence electrons. The second kappa shape index (κ2) is 4.83. The number of ether oxygens (including phenoxy) is 1. The third kappa shape index (κ3) is 1.98. The van der Waals surface area contributed by atoms with Gasteiger partial charge in [0.05, 0.1) is 5.92 Å². The second-order valence-corrected chi connectivity index (χ2v) is 6.63. The molecule has 5 rings (SSSR count). The van der Waals surface area contributed by atoms with Gasteiger partial charge in [-0.25, -0.2) is 0 Å². The lowest BCUT2D eigenvalue weighted by atomic mass is 9.87. The van der Waals surface area contributed by atoms with E-state index < -0.39 is 0 Å². The van der Waals surface area contributed by atoms with Gasteiger partial charge in [-0.05, 0) is 24.0 Å². The lowest BCUT2D eigenvalue weighted by Gasteiger charge is -2.27. The molecule has 2 N–H and O–H groups in total. The smallest absolute Gasteiger partial charge is 0.232 e. The maximum Gasteiger partial charge on any atom is 0.232 e. The summed E-state index contributed by atoms with van der Waals surface area (Å²) in [4.78, 5) is 13.0. The van der Waals surface area contributed by atoms with Gasteiger partial charge in [-0.3, -0.25) is 4.79 Å². The summed E-state index contributed by atoms with van der Waals surface area (Å²) in [6, 6.07) is 16.0. The molecule has 0 radical (unpaired) electrons. The van der Waals surface area contributed by atoms with Crippen LogP contribution in [0.15, 0.2) is 48.5 Å². The van der Waals surface area contributed by atoms with Crippen molar-refractivity contribution in [2.45, 2.75) is 12.0 Å². The van der Waals surface area contributed by atoms with E-state index in [0.717, 1.165) is 35.7 Å². The molecule has 0 aromatic heterocycles. The third-order valence-electron chi connectivity index (χ3n) is 5.34. The Kier molecular flexibility index (Phi) is 2.76. The lowest BCUT2D eigenvalue weighted by molar-refractivity contribution is -0.122. The van der Waals surface area contributed by atoms with Crippen LogP contribution in [0, 0.1) is 11.8 Å². The predicted molar refractivity (Wildman–Crippen MR) is 86.6 cm³/mol. The van der Waals surface area contributed by atoms with Gasteiger partial charge in [0.25, 0.3) is 0 Å². The Labute approximate surface area is 134 Å². The van der Waals surface area contributed by atoms with Crippen LogP contribution in [0.5, 0.6) is 11.5 Å². The van der Waals surface area contributed by atoms with Gasteiger partial charge in [0.15, 0.2) is 0 Å². The van der Waals surface area contributed by atoms with E-state index in [4.69, 9.17) is 4.74 Å². The fourth-order valence-electron chi connectivity index (χ4n) is 4.07. The van der Waals surface area contributed by atoms with Crippen molar-refractivity contribution in [3.8, 4) is 11.5 Å². The first-order valence-corrected chi connectivity index (χ1v) is 8.20. The van der Waals surface area contributed by atoms with Crippen molar-refractivity contribution in [2.24, 2.45) is 11.8 Å². The molecule has 1 amide bonds. The number of carbonyl (C=O) groups is 1. The van der Waals surface area contributed by atoms with Crippen molar-refractivity contribution in [1.82, 2.24) is 10.6 Å². The summed E-state index contributed by atoms with van der Waals surface area (Å²) < 4.78 is 5.96. The van der Waals surface area contributed by atoms with Gasteiger partial charge in [0.2, 0.25) is 5.91 Å². The molecule has 1 unspecified atom stereocenters. The number of fused-ring (bicyclic) bond motifs is 3. The molecule has 1 saturated heterocycles. The number of nitrogens with one attached hydrogen (secondary N) is 2. The average Bonchev–Trinajstić information content (AvgIpc) is 3.01. The van der Waals surface area contributed by atoms with E-state index in [2.05, 4.69) is 10.6 Å². The molecular weight excluding hydrogens is 288 g/mol. The zero-order chi connectivity index (χ0) is 15.4. The average molecular weight is 306 g/mol. The summed E-state index contributed by atoms with van der Waals surface area (Å²) in [5.74, 6) is 2.60. The highest BCUT2D eigenvalue weighted by atomic mass is 16.5. The summed E-state index contributed by atoms with van der Waals surface area (Å²) in [5.41, 5.74) is 1.90. The molecule has 2 aromatic rings. The van der Waals surface area contributed by atoms with Gasteiger partial charge in [-0.15, -0.1) is 0 Å². The van der Waals surface area contributed by atoms with E-state index in [0.29, 0.717) is 17.9 Å². The Bertz CT molecular complexity index is 733. The topological polar surface area (TPSA) is 50.4 Å². The van der Waals surface area contributed by atoms with Gasteiger partial charge < -0.3 is 15.4 Å². The molecule has 3 atom stereocenters. The van der Waals surface area contributed by atoms with E-state index in [9.17, 15) is 4.79 Å². The van der Waals surface area contributed by atoms with E-state index in [1.54, 1.807) is 0 Å². The molecule has 2 aromatic carbocycles. The van der Waals surface area contributed by atoms with Crippen LogP contribution in [0.3, 0.4) is 0 Å². The maximum atomic E-state index is 13.0. The van der Waals surface area contributed by atoms with Crippen molar-refractivity contribution in [3.63, 3.8) is 0 Å². The van der Waals surface area contributed by atoms with Crippen molar-refractivity contribution in [3.05, 3.63) is 59.7 Å². The highest BCUT2D eigenvalue weighted by molar-refractivity contribution is 5.90. The van der Waals surface area contributed by atoms with Gasteiger partial charge in [0.1, 0.15) is 11.5 Å². The molecule has 2 aliphatic heterocycles. The van der Waals surface area contributed by atoms with Gasteiger partial charge in [0, 0.05) is 30.3 Å². The third-order valence-corrected chi connectivity index (χ3v) is 5.34. The first kappa shape index (κ1) is 13.1. The molecule has 4 heteroatoms. The summed E-state index contributed by atoms with van der Waals surface area (Å²) in [5, 5.41) is 6.64. The minimum absolute atomic E-state index is 0.0904. The van der Waals surface area contributed by atoms with Crippen LogP contribution in [0.2, 0.25) is 0 Å². The first-order valence-electron chi connectivity index (χ1n) is 8.20. The van der Waals surface area contributed by atoms with E-state index >= 15 is 0 Å². The SMILES string of the molecule is O=C(NC1[C@H]2CNC[C@@H]12)C1c2ccccc2Oc2ccccc21. The zero-order valence-corrected chi connectivity index (χ0v) is 12.7. The number of para-hydroxylation sites is 2. The zero-order valence-electron chi connectivity index (χ0n) is 12.7. The standard InChI is InChI=1S/C19H18N2O2/c22-19(21-18-13-9-20-10-14(13)18)17-11-5-1-3-7-15(11)23-16-8-4-2-6-12(16)17/h1-8,13-14,17-18,20H,9-10H2,(H,21,22)/t13-,14+,18?. The first-order chi connectivity index (χ1) is 11.3. The van der Waals surface area contributed by atoms with E-state index in [1.165, 1.54) is 0 Å². The number of rotatable bonds is 2. The van der Waals surface area contributed by atoms with Crippen LogP contribution in [-0.2, 0) is 4.79 Å². The molecule has 1 aliphatic carbocycles. The van der Waals surface area contributed by atoms with Crippen LogP contribution in [0.25, 0.3) is 0 Å². The van der Waals surface area contributed by atoms with Crippen molar-refractivity contribution in [2.75, 3.05) is 13.1 Å². The second-order valence-electron chi connectivity index (χ2n) is 6.63. The molecule has 2 heterocycles. The van der Waals surface area contributed by atoms with Crippen molar-refractivity contribution >= 4 is 5.91 Å². The summed E-state index contributed by atoms with van der Waals surface area (Å²) in [6.07, 6.45) is 0. The predicted octanol–water partition coefficient (Wildman–Crippen LogP) is 2.26. The van der Waals surface area contributed by atoms with Crippen molar-refractivity contribution < 1.29 is 9.53 Å². The fraction of sp³-hybridized carbons (Fsp3) is 0.316. The van der Waals surface area contributed by atoms with Crippen LogP contribution >= 0.6 is 0 Å². The van der Waals surface area contributed by atoms with Gasteiger partial charge in [-0.2, -0.15) is 0 Å². The number of hydrogen-bond acceptors (Lipinski definition) is 3. The minimum atomic E-state index is -0.287. The molecule has 4 nitrogen and oxygen atoms in total. The molecular formula is C19H18N2O2. The Morgan fingerprint density at radius 2 is 1.52 bits per heavy atom. The van der Waals surface area contributed by atoms with Gasteiger partial charge >= 0.3 is 0 Å². The van der Waals surface area contributed by atoms with Crippen LogP contribution in [0.4, 0.5) is 0 Å². The largest absolute Gasteiger partial charge is 0.457 e. The summed E-state index contributed by atoms with van der Waals surface area (Å²) in [7, 11) is 0. The van der Waals surface area contributed by atoms with E-state index in [-0.39, 0.29) is 11.8 Å². The number of benzene rings is 2. The Morgan fingerprint density at radius 3 is 2.13 bits per heavy atom. The lowest BCUT2D eigenvalue weighted by Crippen LogP contribution is -2.37. The summed E-state index contributed by atoms with van der Waals surface area (Å²) >= 11 is 0. The molecule has 0 spiro atoms. The van der Waals surface area contributed by atoms with Crippen LogP contribution < -0.4 is 15.4 Å². The quantitative estimate of drug-likeness (QED) is 0.895. The molecule has 2 fully saturated rings. The van der Waals surface area contributed by atoms with Crippen molar-refractivity contribution in [1.29, 1.82) is 0 Å². The Balaban J connectivity index is 1.50. The summed E-state index contributed by atoms with van der Waals surface area (Å²) in [6.45, 7) is 2.05. The fourth-order valence-corrected chi connectivity index (χ4v) is 4.07. The Hall–Kier alpha value is -2.33. The normalized spacial score (nSPS) is 27.4. The number of piperidine rings is 1. The van der Waals surface area contributed by atoms with Crippen LogP contribution in [-0.4, -0.2) is 25.0 Å². The molecule has 23 heavy (non-hydrogen) atoms. The highest BCUT2D eigenvalue weighted by Gasteiger charge is 2.54. The molecule has 1 saturated carbocycles. The number of amides is 1. The van der Waals surface area contributed by atoms with Gasteiger partial charge in [-0.1, -0.05) is 36.4 Å². The molecule has 3 aliphatic rings. The maximum absolute atomic E-state index is 13.0. The highest BCUT2D eigenvalue weighted by Crippen LogP contribution is 2.46. The minimum Gasteiger partial charge on any atom is -0.457 e. The number of carbonyl (C=O) groups excluding carboxylic acids is 1.